The molecule has 2 aliphatic heterocycles. The third-order valence-corrected chi connectivity index (χ3v) is 9.91. The van der Waals surface area contributed by atoms with Gasteiger partial charge in [-0.05, 0) is 90.9 Å². The van der Waals surface area contributed by atoms with Gasteiger partial charge in [0.1, 0.15) is 5.75 Å². The van der Waals surface area contributed by atoms with Crippen LogP contribution in [-0.4, -0.2) is 52.3 Å². The summed E-state index contributed by atoms with van der Waals surface area (Å²) in [6.07, 6.45) is 1.01. The van der Waals surface area contributed by atoms with Crippen LogP contribution >= 0.6 is 0 Å². The van der Waals surface area contributed by atoms with E-state index < -0.39 is 9.84 Å². The average molecular weight is 578 g/mol. The Balaban J connectivity index is 1.22. The van der Waals surface area contributed by atoms with Crippen LogP contribution in [0.25, 0.3) is 11.1 Å². The van der Waals surface area contributed by atoms with E-state index in [4.69, 9.17) is 14.2 Å². The summed E-state index contributed by atoms with van der Waals surface area (Å²) in [6.45, 7) is 8.54. The normalized spacial score (nSPS) is 18.9. The minimum atomic E-state index is -2.90. The van der Waals surface area contributed by atoms with Gasteiger partial charge in [-0.15, -0.1) is 0 Å². The maximum atomic E-state index is 12.1. The van der Waals surface area contributed by atoms with E-state index in [1.54, 1.807) is 0 Å². The molecule has 41 heavy (non-hydrogen) atoms. The third-order valence-electron chi connectivity index (χ3n) is 8.07. The second-order valence-corrected chi connectivity index (χ2v) is 13.6. The van der Waals surface area contributed by atoms with Crippen LogP contribution < -0.4 is 10.1 Å². The number of nitrogens with one attached hydrogen (secondary N) is 1. The Morgan fingerprint density at radius 3 is 2.39 bits per heavy atom. The number of carbonyl (C=O) groups excluding carboxylic acids is 1. The van der Waals surface area contributed by atoms with Crippen molar-refractivity contribution in [3.05, 3.63) is 82.9 Å². The minimum Gasteiger partial charge on any atom is -0.493 e. The molecule has 7 nitrogen and oxygen atoms in total. The van der Waals surface area contributed by atoms with Crippen molar-refractivity contribution < 1.29 is 27.4 Å². The number of rotatable bonds is 11. The van der Waals surface area contributed by atoms with Gasteiger partial charge in [0.2, 0.25) is 0 Å². The lowest BCUT2D eigenvalue weighted by molar-refractivity contribution is -0.151. The first-order valence-electron chi connectivity index (χ1n) is 14.3. The molecule has 0 saturated carbocycles. The molecule has 2 aliphatic rings. The molecule has 0 aliphatic carbocycles. The van der Waals surface area contributed by atoms with Crippen molar-refractivity contribution in [2.75, 3.05) is 43.3 Å². The molecule has 1 N–H and O–H groups in total. The molecule has 1 unspecified atom stereocenters. The number of aryl methyl sites for hydroxylation is 2. The van der Waals surface area contributed by atoms with Crippen LogP contribution in [0.2, 0.25) is 0 Å². The first kappa shape index (κ1) is 29.1. The topological polar surface area (TPSA) is 90.9 Å². The zero-order valence-electron chi connectivity index (χ0n) is 24.1. The summed E-state index contributed by atoms with van der Waals surface area (Å²) in [4.78, 5) is 12.1. The van der Waals surface area contributed by atoms with Crippen molar-refractivity contribution in [1.82, 2.24) is 0 Å². The number of esters is 1. The molecule has 0 bridgehead atoms. The van der Waals surface area contributed by atoms with Crippen LogP contribution in [0.15, 0.2) is 60.7 Å². The molecule has 218 valence electrons. The van der Waals surface area contributed by atoms with E-state index in [-0.39, 0.29) is 28.8 Å². The predicted molar refractivity (Wildman–Crippen MR) is 161 cm³/mol. The Kier molecular flexibility index (Phi) is 8.71. The smallest absolute Gasteiger partial charge is 0.306 e. The molecular weight excluding hydrogens is 538 g/mol. The average Bonchev–Trinajstić information content (AvgIpc) is 3.27. The SMILES string of the molecule is CCOC(=O)CC1(c2ccc(NCc3cccc(-c4c(C)cc(OCC5CCS(=O)(=O)C5)cc4C)c3)cc2)COC1. The van der Waals surface area contributed by atoms with Gasteiger partial charge in [-0.1, -0.05) is 30.3 Å². The summed E-state index contributed by atoms with van der Waals surface area (Å²) in [5.41, 5.74) is 7.54. The molecule has 8 heteroatoms. The number of anilines is 1. The van der Waals surface area contributed by atoms with Gasteiger partial charge in [0.15, 0.2) is 9.84 Å². The molecule has 3 aromatic carbocycles. The molecule has 0 radical (unpaired) electrons. The lowest BCUT2D eigenvalue weighted by atomic mass is 9.76. The van der Waals surface area contributed by atoms with Crippen molar-refractivity contribution in [2.45, 2.75) is 45.6 Å². The van der Waals surface area contributed by atoms with Gasteiger partial charge < -0.3 is 19.5 Å². The number of ether oxygens (including phenoxy) is 3. The monoisotopic (exact) mass is 577 g/mol. The van der Waals surface area contributed by atoms with Gasteiger partial charge in [0, 0.05) is 18.2 Å². The van der Waals surface area contributed by atoms with Crippen molar-refractivity contribution in [2.24, 2.45) is 5.92 Å². The van der Waals surface area contributed by atoms with Crippen molar-refractivity contribution in [1.29, 1.82) is 0 Å². The number of hydrogen-bond donors (Lipinski definition) is 1. The highest BCUT2D eigenvalue weighted by Gasteiger charge is 2.42. The van der Waals surface area contributed by atoms with Gasteiger partial charge in [0.25, 0.3) is 0 Å². The summed E-state index contributed by atoms with van der Waals surface area (Å²) in [6, 6.07) is 20.9. The van der Waals surface area contributed by atoms with Crippen molar-refractivity contribution >= 4 is 21.5 Å². The van der Waals surface area contributed by atoms with Gasteiger partial charge in [-0.3, -0.25) is 4.79 Å². The highest BCUT2D eigenvalue weighted by Crippen LogP contribution is 2.37. The highest BCUT2D eigenvalue weighted by atomic mass is 32.2. The van der Waals surface area contributed by atoms with Crippen molar-refractivity contribution in [3.63, 3.8) is 0 Å². The lowest BCUT2D eigenvalue weighted by Gasteiger charge is -2.41. The fraction of sp³-hybridized carbons (Fsp3) is 0.424. The molecule has 0 spiro atoms. The van der Waals surface area contributed by atoms with Crippen LogP contribution in [0.1, 0.15) is 42.0 Å². The summed E-state index contributed by atoms with van der Waals surface area (Å²) in [5.74, 6) is 1.15. The lowest BCUT2D eigenvalue weighted by Crippen LogP contribution is -2.48. The summed E-state index contributed by atoms with van der Waals surface area (Å²) < 4.78 is 40.2. The highest BCUT2D eigenvalue weighted by molar-refractivity contribution is 7.91. The van der Waals surface area contributed by atoms with E-state index in [0.717, 1.165) is 33.7 Å². The quantitative estimate of drug-likeness (QED) is 0.296. The van der Waals surface area contributed by atoms with Gasteiger partial charge in [-0.25, -0.2) is 8.42 Å². The fourth-order valence-corrected chi connectivity index (χ4v) is 7.71. The first-order valence-corrected chi connectivity index (χ1v) is 16.1. The Morgan fingerprint density at radius 1 is 1.05 bits per heavy atom. The Bertz CT molecular complexity index is 1470. The summed E-state index contributed by atoms with van der Waals surface area (Å²) in [7, 11) is -2.90. The number of benzene rings is 3. The zero-order chi connectivity index (χ0) is 29.0. The van der Waals surface area contributed by atoms with Crippen LogP contribution in [0, 0.1) is 19.8 Å². The van der Waals surface area contributed by atoms with Crippen molar-refractivity contribution in [3.8, 4) is 16.9 Å². The van der Waals surface area contributed by atoms with E-state index in [9.17, 15) is 13.2 Å². The summed E-state index contributed by atoms with van der Waals surface area (Å²) in [5, 5.41) is 3.52. The molecule has 2 fully saturated rings. The van der Waals surface area contributed by atoms with Gasteiger partial charge in [-0.2, -0.15) is 0 Å². The second kappa shape index (κ2) is 12.2. The van der Waals surface area contributed by atoms with E-state index in [1.165, 1.54) is 11.1 Å². The van der Waals surface area contributed by atoms with E-state index in [1.807, 2.05) is 19.1 Å². The van der Waals surface area contributed by atoms with E-state index in [0.29, 0.717) is 45.8 Å². The standard InChI is InChI=1S/C33H39NO6S/c1-4-39-31(35)17-33(21-38-22-33)28-8-10-29(11-9-28)34-18-25-6-5-7-27(16-25)32-23(2)14-30(15-24(32)3)40-19-26-12-13-41(36,37)20-26/h5-11,14-16,26,34H,4,12-13,17-22H2,1-3H3. The van der Waals surface area contributed by atoms with Crippen LogP contribution in [0.5, 0.6) is 5.75 Å². The number of sulfone groups is 1. The van der Waals surface area contributed by atoms with Gasteiger partial charge in [0.05, 0.1) is 49.8 Å². The Morgan fingerprint density at radius 2 is 1.78 bits per heavy atom. The summed E-state index contributed by atoms with van der Waals surface area (Å²) >= 11 is 0. The molecule has 0 amide bonds. The fourth-order valence-electron chi connectivity index (χ4n) is 5.87. The van der Waals surface area contributed by atoms with Gasteiger partial charge >= 0.3 is 5.97 Å². The largest absolute Gasteiger partial charge is 0.493 e. The second-order valence-electron chi connectivity index (χ2n) is 11.4. The molecule has 3 aromatic rings. The molecule has 0 aromatic heterocycles. The number of carbonyl (C=O) groups is 1. The van der Waals surface area contributed by atoms with Crippen LogP contribution in [0.4, 0.5) is 5.69 Å². The van der Waals surface area contributed by atoms with E-state index >= 15 is 0 Å². The molecule has 5 rings (SSSR count). The molecular formula is C33H39NO6S. The Labute approximate surface area is 243 Å². The van der Waals surface area contributed by atoms with Crippen LogP contribution in [-0.2, 0) is 36.1 Å². The molecule has 2 saturated heterocycles. The Hall–Kier alpha value is -3.36. The first-order chi connectivity index (χ1) is 19.7. The maximum Gasteiger partial charge on any atom is 0.306 e. The third kappa shape index (κ3) is 6.93. The number of hydrogen-bond acceptors (Lipinski definition) is 7. The predicted octanol–water partition coefficient (Wildman–Crippen LogP) is 5.62. The minimum absolute atomic E-state index is 0.0682. The molecule has 1 atom stereocenters. The maximum absolute atomic E-state index is 12.1. The van der Waals surface area contributed by atoms with E-state index in [2.05, 4.69) is 67.7 Å². The molecule has 2 heterocycles. The zero-order valence-corrected chi connectivity index (χ0v) is 24.9. The van der Waals surface area contributed by atoms with Crippen LogP contribution in [0.3, 0.4) is 0 Å².